The van der Waals surface area contributed by atoms with Crippen molar-refractivity contribution in [3.63, 3.8) is 0 Å². The van der Waals surface area contributed by atoms with Crippen LogP contribution in [0, 0.1) is 0 Å². The molecule has 120 valence electrons. The van der Waals surface area contributed by atoms with Crippen molar-refractivity contribution in [2.75, 3.05) is 6.54 Å². The summed E-state index contributed by atoms with van der Waals surface area (Å²) >= 11 is 0. The number of piperidine rings is 1. The van der Waals surface area contributed by atoms with E-state index in [1.54, 1.807) is 28.8 Å². The third kappa shape index (κ3) is 3.55. The van der Waals surface area contributed by atoms with Gasteiger partial charge in [-0.05, 0) is 38.7 Å². The molecule has 1 aliphatic heterocycles. The van der Waals surface area contributed by atoms with Crippen molar-refractivity contribution in [3.8, 4) is 0 Å². The molecule has 0 saturated carbocycles. The first-order valence-electron chi connectivity index (χ1n) is 7.60. The molecule has 1 atom stereocenters. The van der Waals surface area contributed by atoms with Gasteiger partial charge in [-0.3, -0.25) is 14.4 Å². The molecular formula is C16H22N2O4. The molecule has 1 amide bonds. The first kappa shape index (κ1) is 16.3. The van der Waals surface area contributed by atoms with Gasteiger partial charge in [0.25, 0.3) is 5.91 Å². The molecule has 1 saturated heterocycles. The Bertz CT molecular complexity index is 591. The van der Waals surface area contributed by atoms with Crippen LogP contribution in [-0.4, -0.2) is 44.8 Å². The second-order valence-electron chi connectivity index (χ2n) is 5.86. The molecule has 2 heterocycles. The number of ketones is 1. The molecule has 0 aliphatic carbocycles. The molecule has 1 aromatic rings. The zero-order valence-corrected chi connectivity index (χ0v) is 13.0. The minimum Gasteiger partial charge on any atom is -0.481 e. The molecule has 1 aromatic heterocycles. The van der Waals surface area contributed by atoms with E-state index >= 15 is 0 Å². The van der Waals surface area contributed by atoms with Crippen molar-refractivity contribution in [2.24, 2.45) is 7.05 Å². The fourth-order valence-electron chi connectivity index (χ4n) is 2.97. The number of aryl methyl sites for hydroxylation is 1. The number of hydrogen-bond donors (Lipinski definition) is 1. The number of hydrogen-bond acceptors (Lipinski definition) is 3. The maximum Gasteiger partial charge on any atom is 0.303 e. The number of Topliss-reactive ketones (excluding diaryl/α,β-unsaturated/α-hetero) is 1. The SMILES string of the molecule is CC(=O)c1cc(C(=O)N2CCCCC2CCC(=O)O)n(C)c1. The highest BCUT2D eigenvalue weighted by molar-refractivity contribution is 5.99. The molecule has 1 N–H and O–H groups in total. The molecule has 2 rings (SSSR count). The smallest absolute Gasteiger partial charge is 0.303 e. The van der Waals surface area contributed by atoms with Crippen LogP contribution < -0.4 is 0 Å². The highest BCUT2D eigenvalue weighted by Gasteiger charge is 2.29. The molecule has 6 nitrogen and oxygen atoms in total. The summed E-state index contributed by atoms with van der Waals surface area (Å²) < 4.78 is 1.67. The van der Waals surface area contributed by atoms with Crippen molar-refractivity contribution in [2.45, 2.75) is 45.1 Å². The van der Waals surface area contributed by atoms with E-state index in [1.165, 1.54) is 6.92 Å². The Kier molecular flexibility index (Phi) is 5.00. The number of rotatable bonds is 5. The van der Waals surface area contributed by atoms with E-state index in [2.05, 4.69) is 0 Å². The van der Waals surface area contributed by atoms with Crippen molar-refractivity contribution >= 4 is 17.7 Å². The highest BCUT2D eigenvalue weighted by Crippen LogP contribution is 2.23. The van der Waals surface area contributed by atoms with Crippen LogP contribution in [0.4, 0.5) is 0 Å². The number of carboxylic acid groups (broad SMARTS) is 1. The zero-order chi connectivity index (χ0) is 16.3. The zero-order valence-electron chi connectivity index (χ0n) is 13.0. The van der Waals surface area contributed by atoms with Crippen LogP contribution >= 0.6 is 0 Å². The Labute approximate surface area is 129 Å². The standard InChI is InChI=1S/C16H22N2O4/c1-11(19)12-9-14(17(2)10-12)16(22)18-8-4-3-5-13(18)6-7-15(20)21/h9-10,13H,3-8H2,1-2H3,(H,20,21). The maximum absolute atomic E-state index is 12.8. The van der Waals surface area contributed by atoms with Crippen molar-refractivity contribution < 1.29 is 19.5 Å². The van der Waals surface area contributed by atoms with Crippen LogP contribution in [0.15, 0.2) is 12.3 Å². The molecule has 1 aliphatic rings. The molecule has 1 fully saturated rings. The van der Waals surface area contributed by atoms with E-state index in [4.69, 9.17) is 5.11 Å². The average molecular weight is 306 g/mol. The Balaban J connectivity index is 2.18. The summed E-state index contributed by atoms with van der Waals surface area (Å²) in [7, 11) is 1.75. The number of aromatic nitrogens is 1. The molecule has 0 aromatic carbocycles. The minimum absolute atomic E-state index is 0.0342. The molecule has 0 bridgehead atoms. The lowest BCUT2D eigenvalue weighted by atomic mass is 9.97. The molecule has 22 heavy (non-hydrogen) atoms. The second-order valence-corrected chi connectivity index (χ2v) is 5.86. The van der Waals surface area contributed by atoms with Crippen LogP contribution in [0.25, 0.3) is 0 Å². The average Bonchev–Trinajstić information content (AvgIpc) is 2.87. The van der Waals surface area contributed by atoms with E-state index in [-0.39, 0.29) is 24.2 Å². The van der Waals surface area contributed by atoms with Crippen LogP contribution in [0.5, 0.6) is 0 Å². The number of amides is 1. The van der Waals surface area contributed by atoms with Gasteiger partial charge < -0.3 is 14.6 Å². The lowest BCUT2D eigenvalue weighted by molar-refractivity contribution is -0.137. The van der Waals surface area contributed by atoms with Gasteiger partial charge in [-0.1, -0.05) is 0 Å². The van der Waals surface area contributed by atoms with Crippen LogP contribution in [-0.2, 0) is 11.8 Å². The highest BCUT2D eigenvalue weighted by atomic mass is 16.4. The Morgan fingerprint density at radius 2 is 2.05 bits per heavy atom. The number of carbonyl (C=O) groups is 3. The lowest BCUT2D eigenvalue weighted by Crippen LogP contribution is -2.44. The van der Waals surface area contributed by atoms with Gasteiger partial charge in [-0.25, -0.2) is 0 Å². The van der Waals surface area contributed by atoms with Gasteiger partial charge in [0.1, 0.15) is 5.69 Å². The lowest BCUT2D eigenvalue weighted by Gasteiger charge is -2.35. The molecule has 0 spiro atoms. The van der Waals surface area contributed by atoms with Crippen molar-refractivity contribution in [1.29, 1.82) is 0 Å². The van der Waals surface area contributed by atoms with Gasteiger partial charge in [0.15, 0.2) is 5.78 Å². The Hall–Kier alpha value is -2.11. The number of nitrogens with zero attached hydrogens (tertiary/aromatic N) is 2. The minimum atomic E-state index is -0.837. The largest absolute Gasteiger partial charge is 0.481 e. The Morgan fingerprint density at radius 3 is 2.64 bits per heavy atom. The molecule has 6 heteroatoms. The Morgan fingerprint density at radius 1 is 1.32 bits per heavy atom. The van der Waals surface area contributed by atoms with Crippen LogP contribution in [0.1, 0.15) is 59.9 Å². The summed E-state index contributed by atoms with van der Waals surface area (Å²) in [6, 6.07) is 1.58. The van der Waals surface area contributed by atoms with Gasteiger partial charge in [-0.15, -0.1) is 0 Å². The third-order valence-corrected chi connectivity index (χ3v) is 4.21. The van der Waals surface area contributed by atoms with Gasteiger partial charge in [0.2, 0.25) is 0 Å². The van der Waals surface area contributed by atoms with Crippen LogP contribution in [0.2, 0.25) is 0 Å². The predicted octanol–water partition coefficient (Wildman–Crippen LogP) is 2.09. The summed E-state index contributed by atoms with van der Waals surface area (Å²) in [6.07, 6.45) is 4.99. The normalized spacial score (nSPS) is 18.3. The number of carboxylic acids is 1. The van der Waals surface area contributed by atoms with Gasteiger partial charge >= 0.3 is 5.97 Å². The van der Waals surface area contributed by atoms with Gasteiger partial charge in [0, 0.05) is 37.8 Å². The summed E-state index contributed by atoms with van der Waals surface area (Å²) in [5.74, 6) is -1.03. The van der Waals surface area contributed by atoms with Crippen molar-refractivity contribution in [3.05, 3.63) is 23.5 Å². The quantitative estimate of drug-likeness (QED) is 0.845. The predicted molar refractivity (Wildman–Crippen MR) is 81.0 cm³/mol. The van der Waals surface area contributed by atoms with Crippen LogP contribution in [0.3, 0.4) is 0 Å². The van der Waals surface area contributed by atoms with E-state index in [1.807, 2.05) is 0 Å². The second kappa shape index (κ2) is 6.77. The fraction of sp³-hybridized carbons (Fsp3) is 0.562. The third-order valence-electron chi connectivity index (χ3n) is 4.21. The molecular weight excluding hydrogens is 284 g/mol. The van der Waals surface area contributed by atoms with Gasteiger partial charge in [-0.2, -0.15) is 0 Å². The van der Waals surface area contributed by atoms with Crippen molar-refractivity contribution in [1.82, 2.24) is 9.47 Å². The van der Waals surface area contributed by atoms with E-state index in [0.29, 0.717) is 24.2 Å². The fourth-order valence-corrected chi connectivity index (χ4v) is 2.97. The van der Waals surface area contributed by atoms with E-state index in [9.17, 15) is 14.4 Å². The number of likely N-dealkylation sites (tertiary alicyclic amines) is 1. The molecule has 1 unspecified atom stereocenters. The first-order chi connectivity index (χ1) is 10.4. The monoisotopic (exact) mass is 306 g/mol. The maximum atomic E-state index is 12.8. The number of carbonyl (C=O) groups excluding carboxylic acids is 2. The first-order valence-corrected chi connectivity index (χ1v) is 7.60. The summed E-state index contributed by atoms with van der Waals surface area (Å²) in [5, 5.41) is 8.85. The molecule has 0 radical (unpaired) electrons. The number of aliphatic carboxylic acids is 1. The summed E-state index contributed by atoms with van der Waals surface area (Å²) in [6.45, 7) is 2.11. The summed E-state index contributed by atoms with van der Waals surface area (Å²) in [5.41, 5.74) is 0.998. The van der Waals surface area contributed by atoms with Gasteiger partial charge in [0.05, 0.1) is 0 Å². The summed E-state index contributed by atoms with van der Waals surface area (Å²) in [4.78, 5) is 36.8. The topological polar surface area (TPSA) is 79.6 Å². The van der Waals surface area contributed by atoms with E-state index < -0.39 is 5.97 Å². The van der Waals surface area contributed by atoms with E-state index in [0.717, 1.165) is 19.3 Å².